The van der Waals surface area contributed by atoms with Crippen molar-refractivity contribution in [3.8, 4) is 23.2 Å². The number of sulfonamides is 1. The number of anilines is 1. The molecule has 0 radical (unpaired) electrons. The van der Waals surface area contributed by atoms with E-state index in [-0.39, 0.29) is 16.5 Å². The average molecular weight is 491 g/mol. The number of aromatic nitrogens is 4. The molecule has 4 rings (SSSR count). The Kier molecular flexibility index (Phi) is 6.11. The summed E-state index contributed by atoms with van der Waals surface area (Å²) in [5, 5.41) is 0. The van der Waals surface area contributed by atoms with Crippen molar-refractivity contribution in [2.45, 2.75) is 18.2 Å². The molecule has 4 aromatic rings. The summed E-state index contributed by atoms with van der Waals surface area (Å²) in [4.78, 5) is 12.2. The molecule has 0 spiro atoms. The summed E-state index contributed by atoms with van der Waals surface area (Å²) in [7, 11) is -4.04. The van der Waals surface area contributed by atoms with Crippen LogP contribution in [0.4, 0.5) is 18.9 Å². The predicted molar refractivity (Wildman–Crippen MR) is 114 cm³/mol. The lowest BCUT2D eigenvalue weighted by Crippen LogP contribution is -2.17. The summed E-state index contributed by atoms with van der Waals surface area (Å²) in [6.07, 6.45) is -0.131. The van der Waals surface area contributed by atoms with E-state index in [1.807, 2.05) is 6.92 Å². The summed E-state index contributed by atoms with van der Waals surface area (Å²) < 4.78 is 75.4. The maximum atomic E-state index is 12.5. The number of aryl methyl sites for hydroxylation is 1. The van der Waals surface area contributed by atoms with Crippen molar-refractivity contribution >= 4 is 15.7 Å². The van der Waals surface area contributed by atoms with E-state index in [0.29, 0.717) is 11.6 Å². The third-order valence-electron chi connectivity index (χ3n) is 4.40. The van der Waals surface area contributed by atoms with Crippen LogP contribution < -0.4 is 14.2 Å². The second kappa shape index (κ2) is 9.02. The minimum absolute atomic E-state index is 0.223. The molecule has 0 atom stereocenters. The molecule has 0 aliphatic rings. The molecule has 0 saturated carbocycles. The summed E-state index contributed by atoms with van der Waals surface area (Å²) in [5.41, 5.74) is 0.223. The highest BCUT2D eigenvalue weighted by Gasteiger charge is 2.31. The minimum atomic E-state index is -4.87. The summed E-state index contributed by atoms with van der Waals surface area (Å²) in [6, 6.07) is 11.5. The van der Waals surface area contributed by atoms with Crippen molar-refractivity contribution < 1.29 is 31.1 Å². The van der Waals surface area contributed by atoms with Crippen LogP contribution >= 0.6 is 0 Å². The Bertz CT molecular complexity index is 1390. The zero-order valence-corrected chi connectivity index (χ0v) is 18.2. The zero-order valence-electron chi connectivity index (χ0n) is 17.4. The number of nitrogens with one attached hydrogen (secondary N) is 1. The average Bonchev–Trinajstić information content (AvgIpc) is 3.20. The first-order valence-electron chi connectivity index (χ1n) is 9.58. The summed E-state index contributed by atoms with van der Waals surface area (Å²) in [6.45, 7) is 1.83. The third kappa shape index (κ3) is 5.61. The van der Waals surface area contributed by atoms with Gasteiger partial charge >= 0.3 is 6.36 Å². The first-order chi connectivity index (χ1) is 16.1. The molecule has 1 N–H and O–H groups in total. The Balaban J connectivity index is 1.43. The molecule has 2 aromatic carbocycles. The highest BCUT2D eigenvalue weighted by atomic mass is 32.2. The van der Waals surface area contributed by atoms with Crippen LogP contribution in [0, 0.1) is 6.92 Å². The Morgan fingerprint density at radius 3 is 2.24 bits per heavy atom. The Labute approximate surface area is 191 Å². The van der Waals surface area contributed by atoms with E-state index in [4.69, 9.17) is 4.74 Å². The second-order valence-electron chi connectivity index (χ2n) is 6.81. The lowest BCUT2D eigenvalue weighted by molar-refractivity contribution is -0.274. The van der Waals surface area contributed by atoms with Gasteiger partial charge in [0, 0.05) is 24.1 Å². The minimum Gasteiger partial charge on any atom is -0.439 e. The van der Waals surface area contributed by atoms with Gasteiger partial charge in [0.05, 0.1) is 4.90 Å². The monoisotopic (exact) mass is 491 g/mol. The highest BCUT2D eigenvalue weighted by Crippen LogP contribution is 2.26. The highest BCUT2D eigenvalue weighted by molar-refractivity contribution is 7.92. The maximum Gasteiger partial charge on any atom is 0.573 e. The van der Waals surface area contributed by atoms with E-state index in [9.17, 15) is 21.6 Å². The summed E-state index contributed by atoms with van der Waals surface area (Å²) >= 11 is 0. The molecule has 0 aliphatic carbocycles. The number of halogens is 3. The van der Waals surface area contributed by atoms with Gasteiger partial charge < -0.3 is 9.47 Å². The van der Waals surface area contributed by atoms with Crippen molar-refractivity contribution in [1.82, 2.24) is 19.5 Å². The second-order valence-corrected chi connectivity index (χ2v) is 8.49. The number of nitrogens with zero attached hydrogens (tertiary/aromatic N) is 4. The molecule has 176 valence electrons. The van der Waals surface area contributed by atoms with E-state index in [2.05, 4.69) is 24.4 Å². The molecule has 0 aliphatic heterocycles. The van der Waals surface area contributed by atoms with Gasteiger partial charge in [-0.15, -0.1) is 13.2 Å². The number of hydrogen-bond donors (Lipinski definition) is 1. The Hall–Kier alpha value is -4.13. The van der Waals surface area contributed by atoms with Gasteiger partial charge in [0.15, 0.2) is 0 Å². The largest absolute Gasteiger partial charge is 0.573 e. The quantitative estimate of drug-likeness (QED) is 0.407. The topological polar surface area (TPSA) is 108 Å². The van der Waals surface area contributed by atoms with Gasteiger partial charge in [0.2, 0.25) is 5.88 Å². The molecule has 13 heteroatoms. The zero-order chi connectivity index (χ0) is 24.3. The van der Waals surface area contributed by atoms with Gasteiger partial charge in [-0.25, -0.2) is 23.4 Å². The van der Waals surface area contributed by atoms with E-state index >= 15 is 0 Å². The van der Waals surface area contributed by atoms with Gasteiger partial charge in [-0.2, -0.15) is 0 Å². The predicted octanol–water partition coefficient (Wildman–Crippen LogP) is 4.46. The van der Waals surface area contributed by atoms with Crippen LogP contribution in [0.25, 0.3) is 5.82 Å². The molecule has 0 fully saturated rings. The maximum absolute atomic E-state index is 12.5. The lowest BCUT2D eigenvalue weighted by Gasteiger charge is -2.11. The molecule has 0 unspecified atom stereocenters. The lowest BCUT2D eigenvalue weighted by atomic mass is 10.3. The molecule has 34 heavy (non-hydrogen) atoms. The van der Waals surface area contributed by atoms with E-state index in [1.165, 1.54) is 30.6 Å². The smallest absolute Gasteiger partial charge is 0.439 e. The molecule has 2 aromatic heterocycles. The van der Waals surface area contributed by atoms with Crippen molar-refractivity contribution in [3.63, 3.8) is 0 Å². The van der Waals surface area contributed by atoms with Crippen LogP contribution in [0.3, 0.4) is 0 Å². The standard InChI is InChI=1S/C21H16F3N5O4S/c1-14-25-10-11-29(14)19-12-20(27-13-26-19)32-16-4-2-15(3-5-16)28-34(30,31)18-8-6-17(7-9-18)33-21(22,23)24/h2-13,28H,1H3. The van der Waals surface area contributed by atoms with Gasteiger partial charge in [0.25, 0.3) is 10.0 Å². The van der Waals surface area contributed by atoms with Gasteiger partial charge in [0.1, 0.15) is 29.5 Å². The van der Waals surface area contributed by atoms with Crippen molar-refractivity contribution in [2.75, 3.05) is 4.72 Å². The molecular weight excluding hydrogens is 475 g/mol. The normalized spacial score (nSPS) is 11.8. The molecule has 9 nitrogen and oxygen atoms in total. The Morgan fingerprint density at radius 2 is 1.62 bits per heavy atom. The first-order valence-corrected chi connectivity index (χ1v) is 11.1. The van der Waals surface area contributed by atoms with Crippen LogP contribution in [0.5, 0.6) is 17.4 Å². The van der Waals surface area contributed by atoms with Gasteiger partial charge in [-0.1, -0.05) is 0 Å². The van der Waals surface area contributed by atoms with Gasteiger partial charge in [-0.05, 0) is 55.5 Å². The fourth-order valence-corrected chi connectivity index (χ4v) is 3.94. The van der Waals surface area contributed by atoms with Gasteiger partial charge in [-0.3, -0.25) is 9.29 Å². The fourth-order valence-electron chi connectivity index (χ4n) is 2.88. The SMILES string of the molecule is Cc1nccn1-c1cc(Oc2ccc(NS(=O)(=O)c3ccc(OC(F)(F)F)cc3)cc2)ncn1. The molecule has 2 heterocycles. The van der Waals surface area contributed by atoms with Crippen LogP contribution in [0.2, 0.25) is 0 Å². The van der Waals surface area contributed by atoms with Crippen molar-refractivity contribution in [1.29, 1.82) is 0 Å². The number of rotatable bonds is 7. The molecule has 0 bridgehead atoms. The number of hydrogen-bond acceptors (Lipinski definition) is 7. The number of alkyl halides is 3. The van der Waals surface area contributed by atoms with Crippen molar-refractivity contribution in [3.05, 3.63) is 79.1 Å². The first kappa shape index (κ1) is 23.0. The number of benzene rings is 2. The fraction of sp³-hybridized carbons (Fsp3) is 0.0952. The van der Waals surface area contributed by atoms with Crippen molar-refractivity contribution in [2.24, 2.45) is 0 Å². The summed E-state index contributed by atoms with van der Waals surface area (Å²) in [5.74, 6) is 1.44. The Morgan fingerprint density at radius 1 is 0.941 bits per heavy atom. The van der Waals surface area contributed by atoms with E-state index < -0.39 is 22.1 Å². The van der Waals surface area contributed by atoms with Crippen LogP contribution in [-0.2, 0) is 10.0 Å². The molecular formula is C21H16F3N5O4S. The third-order valence-corrected chi connectivity index (χ3v) is 5.79. The van der Waals surface area contributed by atoms with Crippen LogP contribution in [0.1, 0.15) is 5.82 Å². The van der Waals surface area contributed by atoms with Crippen LogP contribution in [0.15, 0.2) is 78.2 Å². The molecule has 0 saturated heterocycles. The number of ether oxygens (including phenoxy) is 2. The van der Waals surface area contributed by atoms with E-state index in [0.717, 1.165) is 30.1 Å². The van der Waals surface area contributed by atoms with Crippen LogP contribution in [-0.4, -0.2) is 34.3 Å². The van der Waals surface area contributed by atoms with E-state index in [1.54, 1.807) is 23.0 Å². The number of imidazole rings is 1. The molecule has 0 amide bonds.